The number of nitrogens with one attached hydrogen (secondary N) is 2. The van der Waals surface area contributed by atoms with Crippen molar-refractivity contribution in [1.29, 1.82) is 0 Å². The van der Waals surface area contributed by atoms with E-state index in [1.807, 2.05) is 24.3 Å². The first-order valence-electron chi connectivity index (χ1n) is 12.5. The lowest BCUT2D eigenvalue weighted by Crippen LogP contribution is -2.28. The van der Waals surface area contributed by atoms with Crippen LogP contribution in [0.15, 0.2) is 48.5 Å². The molecule has 0 aliphatic rings. The van der Waals surface area contributed by atoms with Gasteiger partial charge in [0, 0.05) is 28.9 Å². The number of hydrogen-bond acceptors (Lipinski definition) is 4. The molecule has 0 heterocycles. The van der Waals surface area contributed by atoms with Gasteiger partial charge in [-0.3, -0.25) is 0 Å². The zero-order valence-electron chi connectivity index (χ0n) is 22.1. The maximum Gasteiger partial charge on any atom is 0.119 e. The highest BCUT2D eigenvalue weighted by atomic mass is 16.5. The highest BCUT2D eigenvalue weighted by Crippen LogP contribution is 2.24. The van der Waals surface area contributed by atoms with Crippen LogP contribution in [0.4, 0.5) is 11.4 Å². The van der Waals surface area contributed by atoms with Gasteiger partial charge in [-0.2, -0.15) is 0 Å². The van der Waals surface area contributed by atoms with Gasteiger partial charge in [0.25, 0.3) is 0 Å². The van der Waals surface area contributed by atoms with E-state index in [-0.39, 0.29) is 5.41 Å². The van der Waals surface area contributed by atoms with Gasteiger partial charge in [0.15, 0.2) is 0 Å². The summed E-state index contributed by atoms with van der Waals surface area (Å²) >= 11 is 0. The largest absolute Gasteiger partial charge is 0.493 e. The SMILES string of the molecule is CC(C)CC(C)Nc1ccc(OCC(C)(C)COc2ccc(NC(C)CC(C)C)cc2)cc1. The summed E-state index contributed by atoms with van der Waals surface area (Å²) in [5.74, 6) is 3.15. The molecular weight excluding hydrogens is 408 g/mol. The first kappa shape index (κ1) is 26.9. The molecule has 0 saturated heterocycles. The molecule has 184 valence electrons. The maximum atomic E-state index is 6.06. The Labute approximate surface area is 202 Å². The van der Waals surface area contributed by atoms with Gasteiger partial charge in [0.2, 0.25) is 0 Å². The van der Waals surface area contributed by atoms with Crippen molar-refractivity contribution >= 4 is 11.4 Å². The maximum absolute atomic E-state index is 6.06. The molecule has 2 aromatic rings. The average molecular weight is 455 g/mol. The summed E-state index contributed by atoms with van der Waals surface area (Å²) in [5, 5.41) is 7.11. The Bertz CT molecular complexity index is 730. The normalized spacial score (nSPS) is 13.6. The van der Waals surface area contributed by atoms with Crippen LogP contribution in [0, 0.1) is 17.3 Å². The predicted octanol–water partition coefficient (Wildman–Crippen LogP) is 7.86. The third-order valence-electron chi connectivity index (χ3n) is 5.44. The fourth-order valence-electron chi connectivity index (χ4n) is 3.99. The van der Waals surface area contributed by atoms with E-state index in [0.717, 1.165) is 35.7 Å². The Morgan fingerprint density at radius 2 is 0.939 bits per heavy atom. The number of ether oxygens (including phenoxy) is 2. The summed E-state index contributed by atoms with van der Waals surface area (Å²) in [6.07, 6.45) is 2.31. The quantitative estimate of drug-likeness (QED) is 0.305. The summed E-state index contributed by atoms with van der Waals surface area (Å²) in [6.45, 7) is 19.0. The van der Waals surface area contributed by atoms with Gasteiger partial charge in [-0.15, -0.1) is 0 Å². The standard InChI is InChI=1S/C29H46N2O2/c1-21(2)17-23(5)30-25-9-13-27(14-10-25)32-19-29(7,8)20-33-28-15-11-26(12-16-28)31-24(6)18-22(3)4/h9-16,21-24,30-31H,17-20H2,1-8H3. The van der Waals surface area contributed by atoms with Crippen molar-refractivity contribution in [3.8, 4) is 11.5 Å². The minimum absolute atomic E-state index is 0.106. The Balaban J connectivity index is 1.77. The Kier molecular flexibility index (Phi) is 10.4. The Hall–Kier alpha value is -2.36. The van der Waals surface area contributed by atoms with E-state index in [2.05, 4.69) is 90.3 Å². The van der Waals surface area contributed by atoms with Crippen molar-refractivity contribution in [3.63, 3.8) is 0 Å². The van der Waals surface area contributed by atoms with Crippen molar-refractivity contribution in [2.24, 2.45) is 17.3 Å². The van der Waals surface area contributed by atoms with Gasteiger partial charge in [-0.05, 0) is 87.1 Å². The molecule has 0 fully saturated rings. The Morgan fingerprint density at radius 1 is 0.606 bits per heavy atom. The fraction of sp³-hybridized carbons (Fsp3) is 0.586. The smallest absolute Gasteiger partial charge is 0.119 e. The van der Waals surface area contributed by atoms with Crippen LogP contribution in [0.2, 0.25) is 0 Å². The lowest BCUT2D eigenvalue weighted by atomic mass is 9.96. The molecule has 4 nitrogen and oxygen atoms in total. The molecule has 2 atom stereocenters. The average Bonchev–Trinajstić information content (AvgIpc) is 2.71. The summed E-state index contributed by atoms with van der Waals surface area (Å²) in [5.41, 5.74) is 2.16. The van der Waals surface area contributed by atoms with E-state index in [1.165, 1.54) is 0 Å². The van der Waals surface area contributed by atoms with Crippen molar-refractivity contribution in [3.05, 3.63) is 48.5 Å². The van der Waals surface area contributed by atoms with Crippen LogP contribution in [0.3, 0.4) is 0 Å². The zero-order chi connectivity index (χ0) is 24.4. The molecule has 0 aromatic heterocycles. The van der Waals surface area contributed by atoms with Gasteiger partial charge < -0.3 is 20.1 Å². The monoisotopic (exact) mass is 454 g/mol. The highest BCUT2D eigenvalue weighted by Gasteiger charge is 2.20. The van der Waals surface area contributed by atoms with E-state index >= 15 is 0 Å². The molecule has 4 heteroatoms. The van der Waals surface area contributed by atoms with Crippen molar-refractivity contribution in [1.82, 2.24) is 0 Å². The minimum atomic E-state index is -0.106. The molecule has 0 radical (unpaired) electrons. The van der Waals surface area contributed by atoms with Crippen LogP contribution >= 0.6 is 0 Å². The second-order valence-electron chi connectivity index (χ2n) is 11.1. The van der Waals surface area contributed by atoms with Crippen LogP contribution in [0.5, 0.6) is 11.5 Å². The zero-order valence-corrected chi connectivity index (χ0v) is 22.1. The van der Waals surface area contributed by atoms with Crippen LogP contribution in [0.1, 0.15) is 68.2 Å². The van der Waals surface area contributed by atoms with Crippen LogP contribution in [0.25, 0.3) is 0 Å². The van der Waals surface area contributed by atoms with Crippen LogP contribution in [-0.4, -0.2) is 25.3 Å². The van der Waals surface area contributed by atoms with Gasteiger partial charge in [0.05, 0.1) is 13.2 Å². The topological polar surface area (TPSA) is 42.5 Å². The first-order chi connectivity index (χ1) is 15.5. The molecule has 0 bridgehead atoms. The van der Waals surface area contributed by atoms with Gasteiger partial charge in [-0.1, -0.05) is 41.5 Å². The molecule has 0 aliphatic carbocycles. The number of rotatable bonds is 14. The summed E-state index contributed by atoms with van der Waals surface area (Å²) in [4.78, 5) is 0. The molecular formula is C29H46N2O2. The second-order valence-corrected chi connectivity index (χ2v) is 11.1. The Morgan fingerprint density at radius 3 is 1.24 bits per heavy atom. The first-order valence-corrected chi connectivity index (χ1v) is 12.5. The van der Waals surface area contributed by atoms with Gasteiger partial charge in [0.1, 0.15) is 11.5 Å². The summed E-state index contributed by atoms with van der Waals surface area (Å²) in [6, 6.07) is 17.4. The fourth-order valence-corrected chi connectivity index (χ4v) is 3.99. The number of anilines is 2. The number of hydrogen-bond donors (Lipinski definition) is 2. The molecule has 0 saturated carbocycles. The summed E-state index contributed by atoms with van der Waals surface area (Å²) < 4.78 is 12.1. The molecule has 2 unspecified atom stereocenters. The number of benzene rings is 2. The van der Waals surface area contributed by atoms with E-state index in [4.69, 9.17) is 9.47 Å². The van der Waals surface area contributed by atoms with E-state index in [1.54, 1.807) is 0 Å². The predicted molar refractivity (Wildman–Crippen MR) is 143 cm³/mol. The van der Waals surface area contributed by atoms with Crippen LogP contribution in [-0.2, 0) is 0 Å². The lowest BCUT2D eigenvalue weighted by Gasteiger charge is -2.25. The highest BCUT2D eigenvalue weighted by molar-refractivity contribution is 5.47. The summed E-state index contributed by atoms with van der Waals surface area (Å²) in [7, 11) is 0. The van der Waals surface area contributed by atoms with Crippen LogP contribution < -0.4 is 20.1 Å². The van der Waals surface area contributed by atoms with Crippen molar-refractivity contribution in [2.75, 3.05) is 23.8 Å². The molecule has 2 rings (SSSR count). The lowest BCUT2D eigenvalue weighted by molar-refractivity contribution is 0.110. The van der Waals surface area contributed by atoms with Gasteiger partial charge >= 0.3 is 0 Å². The van der Waals surface area contributed by atoms with E-state index in [0.29, 0.717) is 37.1 Å². The van der Waals surface area contributed by atoms with E-state index < -0.39 is 0 Å². The van der Waals surface area contributed by atoms with Crippen molar-refractivity contribution in [2.45, 2.75) is 80.3 Å². The second kappa shape index (κ2) is 12.8. The molecule has 2 aromatic carbocycles. The van der Waals surface area contributed by atoms with Crippen molar-refractivity contribution < 1.29 is 9.47 Å². The van der Waals surface area contributed by atoms with E-state index in [9.17, 15) is 0 Å². The molecule has 33 heavy (non-hydrogen) atoms. The molecule has 2 N–H and O–H groups in total. The third-order valence-corrected chi connectivity index (χ3v) is 5.44. The molecule has 0 amide bonds. The minimum Gasteiger partial charge on any atom is -0.493 e. The molecule has 0 aliphatic heterocycles. The van der Waals surface area contributed by atoms with Gasteiger partial charge in [-0.25, -0.2) is 0 Å². The molecule has 0 spiro atoms. The third kappa shape index (κ3) is 10.9.